The van der Waals surface area contributed by atoms with Crippen molar-refractivity contribution in [1.29, 1.82) is 0 Å². The highest BCUT2D eigenvalue weighted by Gasteiger charge is 1.95. The van der Waals surface area contributed by atoms with Gasteiger partial charge in [-0.05, 0) is 6.42 Å². The average Bonchev–Trinajstić information content (AvgIpc) is 2.26. The molecule has 0 bridgehead atoms. The molecule has 4 heteroatoms. The maximum Gasteiger partial charge on any atom is 0.328 e. The summed E-state index contributed by atoms with van der Waals surface area (Å²) in [6, 6.07) is -0.294. The zero-order valence-electron chi connectivity index (χ0n) is 9.85. The van der Waals surface area contributed by atoms with Gasteiger partial charge in [-0.25, -0.2) is 10.6 Å². The van der Waals surface area contributed by atoms with E-state index in [1.54, 1.807) is 0 Å². The lowest BCUT2D eigenvalue weighted by atomic mass is 10.1. The van der Waals surface area contributed by atoms with E-state index in [0.717, 1.165) is 13.0 Å². The van der Waals surface area contributed by atoms with Crippen molar-refractivity contribution in [1.82, 2.24) is 10.7 Å². The number of hydrazine groups is 1. The van der Waals surface area contributed by atoms with Crippen molar-refractivity contribution in [2.24, 2.45) is 5.84 Å². The van der Waals surface area contributed by atoms with Crippen LogP contribution >= 0.6 is 0 Å². The molecule has 0 aromatic carbocycles. The third-order valence-electron chi connectivity index (χ3n) is 2.45. The fourth-order valence-corrected chi connectivity index (χ4v) is 1.51. The first-order valence-electron chi connectivity index (χ1n) is 6.05. The van der Waals surface area contributed by atoms with Crippen molar-refractivity contribution < 1.29 is 4.79 Å². The second-order valence-corrected chi connectivity index (χ2v) is 3.88. The van der Waals surface area contributed by atoms with E-state index in [-0.39, 0.29) is 6.03 Å². The summed E-state index contributed by atoms with van der Waals surface area (Å²) in [5, 5.41) is 2.67. The molecule has 0 fully saturated rings. The molecule has 0 aliphatic carbocycles. The maximum atomic E-state index is 10.7. The Morgan fingerprint density at radius 2 is 1.53 bits per heavy atom. The standard InChI is InChI=1S/C11H25N3O/c1-2-3-4-5-6-7-8-9-10-13-11(15)14-12/h2-10,12H2,1H3,(H2,13,14,15). The number of hydrogen-bond donors (Lipinski definition) is 3. The van der Waals surface area contributed by atoms with Gasteiger partial charge in [0.2, 0.25) is 0 Å². The predicted octanol–water partition coefficient (Wildman–Crippen LogP) is 2.30. The molecular weight excluding hydrogens is 190 g/mol. The minimum atomic E-state index is -0.294. The van der Waals surface area contributed by atoms with Crippen LogP contribution < -0.4 is 16.6 Å². The molecule has 4 N–H and O–H groups in total. The fourth-order valence-electron chi connectivity index (χ4n) is 1.51. The van der Waals surface area contributed by atoms with Crippen molar-refractivity contribution in [3.8, 4) is 0 Å². The molecule has 0 unspecified atom stereocenters. The van der Waals surface area contributed by atoms with Gasteiger partial charge in [-0.3, -0.25) is 5.43 Å². The van der Waals surface area contributed by atoms with Crippen LogP contribution in [0.4, 0.5) is 4.79 Å². The van der Waals surface area contributed by atoms with Gasteiger partial charge in [-0.1, -0.05) is 51.9 Å². The van der Waals surface area contributed by atoms with Crippen molar-refractivity contribution in [3.05, 3.63) is 0 Å². The zero-order chi connectivity index (χ0) is 11.4. The Balaban J connectivity index is 2.95. The largest absolute Gasteiger partial charge is 0.337 e. The monoisotopic (exact) mass is 215 g/mol. The smallest absolute Gasteiger partial charge is 0.328 e. The molecule has 15 heavy (non-hydrogen) atoms. The second kappa shape index (κ2) is 11.3. The third kappa shape index (κ3) is 11.2. The highest BCUT2D eigenvalue weighted by atomic mass is 16.2. The van der Waals surface area contributed by atoms with Crippen molar-refractivity contribution in [3.63, 3.8) is 0 Å². The number of nitrogens with one attached hydrogen (secondary N) is 2. The van der Waals surface area contributed by atoms with Crippen LogP contribution in [0.2, 0.25) is 0 Å². The van der Waals surface area contributed by atoms with Crippen molar-refractivity contribution in [2.45, 2.75) is 58.3 Å². The van der Waals surface area contributed by atoms with Crippen molar-refractivity contribution in [2.75, 3.05) is 6.54 Å². The van der Waals surface area contributed by atoms with Crippen LogP contribution in [0, 0.1) is 0 Å². The first-order valence-corrected chi connectivity index (χ1v) is 6.05. The summed E-state index contributed by atoms with van der Waals surface area (Å²) in [7, 11) is 0. The van der Waals surface area contributed by atoms with Gasteiger partial charge in [0.15, 0.2) is 0 Å². The Morgan fingerprint density at radius 3 is 2.07 bits per heavy atom. The van der Waals surface area contributed by atoms with Gasteiger partial charge in [-0.15, -0.1) is 0 Å². The van der Waals surface area contributed by atoms with E-state index in [0.29, 0.717) is 0 Å². The van der Waals surface area contributed by atoms with E-state index in [1.165, 1.54) is 44.9 Å². The molecule has 0 aromatic heterocycles. The Hall–Kier alpha value is -0.770. The molecule has 2 amide bonds. The third-order valence-corrected chi connectivity index (χ3v) is 2.45. The molecule has 0 aliphatic rings. The lowest BCUT2D eigenvalue weighted by Gasteiger charge is -2.03. The summed E-state index contributed by atoms with van der Waals surface area (Å²) < 4.78 is 0. The number of carbonyl (C=O) groups excluding carboxylic acids is 1. The summed E-state index contributed by atoms with van der Waals surface area (Å²) >= 11 is 0. The van der Waals surface area contributed by atoms with Gasteiger partial charge in [-0.2, -0.15) is 0 Å². The second-order valence-electron chi connectivity index (χ2n) is 3.88. The fraction of sp³-hybridized carbons (Fsp3) is 0.909. The highest BCUT2D eigenvalue weighted by Crippen LogP contribution is 2.07. The Labute approximate surface area is 93.0 Å². The first kappa shape index (κ1) is 14.2. The zero-order valence-corrected chi connectivity index (χ0v) is 9.85. The van der Waals surface area contributed by atoms with Gasteiger partial charge < -0.3 is 5.32 Å². The number of carbonyl (C=O) groups is 1. The van der Waals surface area contributed by atoms with Crippen LogP contribution in [-0.2, 0) is 0 Å². The van der Waals surface area contributed by atoms with Crippen LogP contribution in [0.5, 0.6) is 0 Å². The molecule has 0 saturated heterocycles. The van der Waals surface area contributed by atoms with E-state index in [2.05, 4.69) is 12.2 Å². The van der Waals surface area contributed by atoms with Crippen LogP contribution in [0.15, 0.2) is 0 Å². The number of urea groups is 1. The summed E-state index contributed by atoms with van der Waals surface area (Å²) in [5.41, 5.74) is 2.04. The lowest BCUT2D eigenvalue weighted by molar-refractivity contribution is 0.241. The van der Waals surface area contributed by atoms with E-state index < -0.39 is 0 Å². The molecular formula is C11H25N3O. The lowest BCUT2D eigenvalue weighted by Crippen LogP contribution is -2.40. The van der Waals surface area contributed by atoms with E-state index >= 15 is 0 Å². The Morgan fingerprint density at radius 1 is 1.00 bits per heavy atom. The summed E-state index contributed by atoms with van der Waals surface area (Å²) in [6.45, 7) is 2.95. The molecule has 0 heterocycles. The SMILES string of the molecule is CCCCCCCCCCNC(=O)NN. The van der Waals surface area contributed by atoms with Crippen LogP contribution in [0.1, 0.15) is 58.3 Å². The van der Waals surface area contributed by atoms with E-state index in [1.807, 2.05) is 5.43 Å². The molecule has 90 valence electrons. The molecule has 0 spiro atoms. The van der Waals surface area contributed by atoms with E-state index in [9.17, 15) is 4.79 Å². The minimum absolute atomic E-state index is 0.294. The molecule has 0 rings (SSSR count). The quantitative estimate of drug-likeness (QED) is 0.239. The predicted molar refractivity (Wildman–Crippen MR) is 63.3 cm³/mol. The van der Waals surface area contributed by atoms with E-state index in [4.69, 9.17) is 5.84 Å². The first-order chi connectivity index (χ1) is 7.31. The van der Waals surface area contributed by atoms with Gasteiger partial charge in [0.05, 0.1) is 0 Å². The highest BCUT2D eigenvalue weighted by molar-refractivity contribution is 5.72. The molecule has 0 aliphatic heterocycles. The summed E-state index contributed by atoms with van der Waals surface area (Å²) in [6.07, 6.45) is 10.2. The number of nitrogens with two attached hydrogens (primary N) is 1. The molecule has 4 nitrogen and oxygen atoms in total. The topological polar surface area (TPSA) is 67.2 Å². The molecule has 0 radical (unpaired) electrons. The van der Waals surface area contributed by atoms with Gasteiger partial charge in [0.25, 0.3) is 0 Å². The molecule has 0 saturated carbocycles. The molecule has 0 atom stereocenters. The Kier molecular flexibility index (Phi) is 10.7. The van der Waals surface area contributed by atoms with Gasteiger partial charge >= 0.3 is 6.03 Å². The van der Waals surface area contributed by atoms with Crippen LogP contribution in [0.3, 0.4) is 0 Å². The van der Waals surface area contributed by atoms with Crippen LogP contribution in [-0.4, -0.2) is 12.6 Å². The molecule has 0 aromatic rings. The summed E-state index contributed by atoms with van der Waals surface area (Å²) in [5.74, 6) is 4.92. The Bertz CT molecular complexity index is 151. The summed E-state index contributed by atoms with van der Waals surface area (Å²) in [4.78, 5) is 10.7. The number of amides is 2. The van der Waals surface area contributed by atoms with Crippen LogP contribution in [0.25, 0.3) is 0 Å². The van der Waals surface area contributed by atoms with Gasteiger partial charge in [0.1, 0.15) is 0 Å². The van der Waals surface area contributed by atoms with Gasteiger partial charge in [0, 0.05) is 6.54 Å². The number of unbranched alkanes of at least 4 members (excludes halogenated alkanes) is 7. The minimum Gasteiger partial charge on any atom is -0.337 e. The average molecular weight is 215 g/mol. The van der Waals surface area contributed by atoms with Crippen molar-refractivity contribution >= 4 is 6.03 Å². The normalized spacial score (nSPS) is 10.0. The number of hydrogen-bond acceptors (Lipinski definition) is 2. The number of rotatable bonds is 9. The maximum absolute atomic E-state index is 10.7.